The van der Waals surface area contributed by atoms with E-state index in [4.69, 9.17) is 14.6 Å². The van der Waals surface area contributed by atoms with Crippen LogP contribution in [-0.2, 0) is 11.2 Å². The molecule has 20 heavy (non-hydrogen) atoms. The van der Waals surface area contributed by atoms with Gasteiger partial charge in [-0.25, -0.2) is 4.79 Å². The SMILES string of the molecule is CC1CCCC(Oc2ccc3c(c2)OC(C(=O)O)C3)C1. The van der Waals surface area contributed by atoms with E-state index in [1.54, 1.807) is 0 Å². The molecule has 0 saturated heterocycles. The van der Waals surface area contributed by atoms with E-state index in [1.807, 2.05) is 18.2 Å². The van der Waals surface area contributed by atoms with Gasteiger partial charge in [-0.1, -0.05) is 19.4 Å². The summed E-state index contributed by atoms with van der Waals surface area (Å²) in [6.45, 7) is 2.26. The third-order valence-corrected chi connectivity index (χ3v) is 4.18. The first-order valence-corrected chi connectivity index (χ1v) is 7.31. The highest BCUT2D eigenvalue weighted by molar-refractivity contribution is 5.74. The number of rotatable bonds is 3. The largest absolute Gasteiger partial charge is 0.490 e. The van der Waals surface area contributed by atoms with Gasteiger partial charge in [0, 0.05) is 12.5 Å². The number of carboxylic acid groups (broad SMARTS) is 1. The molecule has 108 valence electrons. The lowest BCUT2D eigenvalue weighted by Gasteiger charge is -2.27. The van der Waals surface area contributed by atoms with Crippen molar-refractivity contribution in [1.82, 2.24) is 0 Å². The van der Waals surface area contributed by atoms with Crippen LogP contribution < -0.4 is 9.47 Å². The van der Waals surface area contributed by atoms with Crippen molar-refractivity contribution in [3.05, 3.63) is 23.8 Å². The molecule has 0 aromatic heterocycles. The summed E-state index contributed by atoms with van der Waals surface area (Å²) in [7, 11) is 0. The average Bonchev–Trinajstić information content (AvgIpc) is 2.82. The van der Waals surface area contributed by atoms with E-state index in [9.17, 15) is 4.79 Å². The highest BCUT2D eigenvalue weighted by atomic mass is 16.5. The molecular weight excluding hydrogens is 256 g/mol. The van der Waals surface area contributed by atoms with Crippen molar-refractivity contribution < 1.29 is 19.4 Å². The van der Waals surface area contributed by atoms with Crippen LogP contribution in [0.4, 0.5) is 0 Å². The maximum absolute atomic E-state index is 11.0. The predicted octanol–water partition coefficient (Wildman–Crippen LogP) is 3.03. The van der Waals surface area contributed by atoms with Crippen LogP contribution in [-0.4, -0.2) is 23.3 Å². The minimum Gasteiger partial charge on any atom is -0.490 e. The summed E-state index contributed by atoms with van der Waals surface area (Å²) in [5.41, 5.74) is 0.946. The van der Waals surface area contributed by atoms with Gasteiger partial charge in [-0.2, -0.15) is 0 Å². The van der Waals surface area contributed by atoms with Crippen molar-refractivity contribution in [3.63, 3.8) is 0 Å². The number of ether oxygens (including phenoxy) is 2. The number of fused-ring (bicyclic) bond motifs is 1. The van der Waals surface area contributed by atoms with E-state index in [0.29, 0.717) is 12.2 Å². The molecule has 1 N–H and O–H groups in total. The fourth-order valence-corrected chi connectivity index (χ4v) is 3.10. The zero-order valence-electron chi connectivity index (χ0n) is 11.7. The van der Waals surface area contributed by atoms with E-state index in [-0.39, 0.29) is 6.10 Å². The monoisotopic (exact) mass is 276 g/mol. The first kappa shape index (κ1) is 13.3. The van der Waals surface area contributed by atoms with E-state index in [0.717, 1.165) is 30.1 Å². The second-order valence-electron chi connectivity index (χ2n) is 5.93. The molecule has 3 unspecified atom stereocenters. The van der Waals surface area contributed by atoms with Crippen molar-refractivity contribution in [2.75, 3.05) is 0 Å². The number of aliphatic carboxylic acids is 1. The maximum atomic E-state index is 11.0. The number of benzene rings is 1. The Morgan fingerprint density at radius 3 is 3.00 bits per heavy atom. The van der Waals surface area contributed by atoms with Gasteiger partial charge in [0.25, 0.3) is 0 Å². The summed E-state index contributed by atoms with van der Waals surface area (Å²) in [5, 5.41) is 8.99. The zero-order valence-corrected chi connectivity index (χ0v) is 11.7. The molecule has 1 heterocycles. The van der Waals surface area contributed by atoms with Gasteiger partial charge in [0.05, 0.1) is 6.10 Å². The summed E-state index contributed by atoms with van der Waals surface area (Å²) >= 11 is 0. The first-order chi connectivity index (χ1) is 9.61. The Bertz CT molecular complexity index is 511. The van der Waals surface area contributed by atoms with Crippen molar-refractivity contribution in [2.45, 2.75) is 51.2 Å². The molecule has 1 aromatic rings. The summed E-state index contributed by atoms with van der Waals surface area (Å²) in [4.78, 5) is 11.0. The molecule has 0 radical (unpaired) electrons. The van der Waals surface area contributed by atoms with Gasteiger partial charge in [-0.05, 0) is 36.8 Å². The van der Waals surface area contributed by atoms with Gasteiger partial charge < -0.3 is 14.6 Å². The Balaban J connectivity index is 1.68. The number of hydrogen-bond acceptors (Lipinski definition) is 3. The summed E-state index contributed by atoms with van der Waals surface area (Å²) in [6.07, 6.45) is 4.64. The van der Waals surface area contributed by atoms with Crippen LogP contribution in [0, 0.1) is 5.92 Å². The van der Waals surface area contributed by atoms with Crippen LogP contribution in [0.15, 0.2) is 18.2 Å². The molecule has 3 rings (SSSR count). The number of hydrogen-bond donors (Lipinski definition) is 1. The van der Waals surface area contributed by atoms with Crippen molar-refractivity contribution in [1.29, 1.82) is 0 Å². The lowest BCUT2D eigenvalue weighted by molar-refractivity contribution is -0.144. The van der Waals surface area contributed by atoms with Crippen LogP contribution in [0.1, 0.15) is 38.2 Å². The molecule has 0 bridgehead atoms. The molecular formula is C16H20O4. The number of carbonyl (C=O) groups is 1. The molecule has 1 aliphatic heterocycles. The lowest BCUT2D eigenvalue weighted by atomic mass is 9.89. The Morgan fingerprint density at radius 1 is 1.40 bits per heavy atom. The summed E-state index contributed by atoms with van der Waals surface area (Å²) in [5.74, 6) is 1.24. The smallest absolute Gasteiger partial charge is 0.345 e. The Labute approximate surface area is 118 Å². The molecule has 2 aliphatic rings. The van der Waals surface area contributed by atoms with Crippen LogP contribution in [0.5, 0.6) is 11.5 Å². The number of carboxylic acids is 1. The molecule has 1 saturated carbocycles. The molecule has 3 atom stereocenters. The Kier molecular flexibility index (Phi) is 3.55. The van der Waals surface area contributed by atoms with Gasteiger partial charge in [0.1, 0.15) is 11.5 Å². The van der Waals surface area contributed by atoms with E-state index in [1.165, 1.54) is 12.8 Å². The Hall–Kier alpha value is -1.71. The van der Waals surface area contributed by atoms with Gasteiger partial charge >= 0.3 is 5.97 Å². The minimum absolute atomic E-state index is 0.272. The fourth-order valence-electron chi connectivity index (χ4n) is 3.10. The minimum atomic E-state index is -0.912. The lowest BCUT2D eigenvalue weighted by Crippen LogP contribution is -2.24. The average molecular weight is 276 g/mol. The van der Waals surface area contributed by atoms with E-state index >= 15 is 0 Å². The van der Waals surface area contributed by atoms with Crippen molar-refractivity contribution in [2.24, 2.45) is 5.92 Å². The van der Waals surface area contributed by atoms with Crippen molar-refractivity contribution in [3.8, 4) is 11.5 Å². The van der Waals surface area contributed by atoms with Crippen LogP contribution in [0.2, 0.25) is 0 Å². The van der Waals surface area contributed by atoms with Gasteiger partial charge in [-0.15, -0.1) is 0 Å². The Morgan fingerprint density at radius 2 is 2.25 bits per heavy atom. The molecule has 1 aliphatic carbocycles. The highest BCUT2D eigenvalue weighted by Crippen LogP contribution is 2.34. The predicted molar refractivity (Wildman–Crippen MR) is 74.2 cm³/mol. The highest BCUT2D eigenvalue weighted by Gasteiger charge is 2.29. The zero-order chi connectivity index (χ0) is 14.1. The summed E-state index contributed by atoms with van der Waals surface area (Å²) in [6, 6.07) is 5.67. The van der Waals surface area contributed by atoms with Gasteiger partial charge in [0.2, 0.25) is 0 Å². The normalized spacial score (nSPS) is 28.6. The topological polar surface area (TPSA) is 55.8 Å². The quantitative estimate of drug-likeness (QED) is 0.922. The van der Waals surface area contributed by atoms with Crippen molar-refractivity contribution >= 4 is 5.97 Å². The second-order valence-corrected chi connectivity index (χ2v) is 5.93. The van der Waals surface area contributed by atoms with Crippen LogP contribution in [0.3, 0.4) is 0 Å². The second kappa shape index (κ2) is 5.35. The molecule has 0 amide bonds. The van der Waals surface area contributed by atoms with Crippen LogP contribution >= 0.6 is 0 Å². The fraction of sp³-hybridized carbons (Fsp3) is 0.562. The van der Waals surface area contributed by atoms with Gasteiger partial charge in [0.15, 0.2) is 6.10 Å². The molecule has 0 spiro atoms. The molecule has 1 fully saturated rings. The molecule has 1 aromatic carbocycles. The first-order valence-electron chi connectivity index (χ1n) is 7.31. The molecule has 4 nitrogen and oxygen atoms in total. The third kappa shape index (κ3) is 2.74. The van der Waals surface area contributed by atoms with E-state index in [2.05, 4.69) is 6.92 Å². The standard InChI is InChI=1S/C16H20O4/c1-10-3-2-4-12(7-10)19-13-6-5-11-8-15(16(17)18)20-14(11)9-13/h5-6,9-10,12,15H,2-4,7-8H2,1H3,(H,17,18). The maximum Gasteiger partial charge on any atom is 0.345 e. The van der Waals surface area contributed by atoms with Crippen LogP contribution in [0.25, 0.3) is 0 Å². The summed E-state index contributed by atoms with van der Waals surface area (Å²) < 4.78 is 11.5. The van der Waals surface area contributed by atoms with Gasteiger partial charge in [-0.3, -0.25) is 0 Å². The molecule has 4 heteroatoms. The third-order valence-electron chi connectivity index (χ3n) is 4.18. The van der Waals surface area contributed by atoms with E-state index < -0.39 is 12.1 Å².